The monoisotopic (exact) mass is 482 g/mol. The topological polar surface area (TPSA) is 79.1 Å². The Morgan fingerprint density at radius 3 is 2.56 bits per heavy atom. The summed E-state index contributed by atoms with van der Waals surface area (Å²) in [6.45, 7) is 7.26. The predicted molar refractivity (Wildman–Crippen MR) is 123 cm³/mol. The van der Waals surface area contributed by atoms with E-state index in [2.05, 4.69) is 17.0 Å². The molecule has 0 saturated carbocycles. The van der Waals surface area contributed by atoms with Gasteiger partial charge < -0.3 is 24.0 Å². The van der Waals surface area contributed by atoms with E-state index in [9.17, 15) is 9.59 Å². The van der Waals surface area contributed by atoms with Crippen molar-refractivity contribution < 1.29 is 18.8 Å². The quantitative estimate of drug-likeness (QED) is 0.545. The van der Waals surface area contributed by atoms with Gasteiger partial charge in [0.15, 0.2) is 11.5 Å². The van der Waals surface area contributed by atoms with Crippen LogP contribution in [0, 0.1) is 0 Å². The number of amides is 2. The SMILES string of the molecule is CCN1CCN(C(=O)CCN(CCOC)C(=O)c2cc(-c3ccc(Cl)cc3Cl)on2)CC1. The molecule has 1 saturated heterocycles. The lowest BCUT2D eigenvalue weighted by atomic mass is 10.1. The minimum atomic E-state index is -0.328. The van der Waals surface area contributed by atoms with Crippen molar-refractivity contribution in [3.8, 4) is 11.3 Å². The maximum absolute atomic E-state index is 13.1. The van der Waals surface area contributed by atoms with Crippen LogP contribution in [0.2, 0.25) is 10.0 Å². The molecule has 10 heteroatoms. The maximum Gasteiger partial charge on any atom is 0.276 e. The molecule has 1 aliphatic heterocycles. The Bertz CT molecular complexity index is 928. The fourth-order valence-electron chi connectivity index (χ4n) is 3.57. The van der Waals surface area contributed by atoms with Crippen molar-refractivity contribution in [1.82, 2.24) is 19.9 Å². The fraction of sp³-hybridized carbons (Fsp3) is 0.500. The minimum Gasteiger partial charge on any atom is -0.383 e. The van der Waals surface area contributed by atoms with Crippen LogP contribution in [-0.2, 0) is 9.53 Å². The van der Waals surface area contributed by atoms with Crippen LogP contribution in [0.15, 0.2) is 28.8 Å². The molecule has 2 aromatic rings. The summed E-state index contributed by atoms with van der Waals surface area (Å²) in [5.41, 5.74) is 0.735. The first-order valence-corrected chi connectivity index (χ1v) is 11.4. The summed E-state index contributed by atoms with van der Waals surface area (Å²) in [6, 6.07) is 6.53. The van der Waals surface area contributed by atoms with Gasteiger partial charge in [-0.15, -0.1) is 0 Å². The molecule has 2 heterocycles. The van der Waals surface area contributed by atoms with Crippen LogP contribution in [-0.4, -0.2) is 91.2 Å². The number of nitrogens with zero attached hydrogens (tertiary/aromatic N) is 4. The molecule has 1 fully saturated rings. The Balaban J connectivity index is 1.64. The third-order valence-corrected chi connectivity index (χ3v) is 6.09. The minimum absolute atomic E-state index is 0.0461. The first-order chi connectivity index (χ1) is 15.4. The van der Waals surface area contributed by atoms with E-state index in [0.29, 0.717) is 47.6 Å². The molecule has 8 nitrogen and oxygen atoms in total. The van der Waals surface area contributed by atoms with Crippen LogP contribution in [0.3, 0.4) is 0 Å². The van der Waals surface area contributed by atoms with Gasteiger partial charge in [-0.1, -0.05) is 35.3 Å². The Hall–Kier alpha value is -2.13. The molecule has 0 spiro atoms. The predicted octanol–water partition coefficient (Wildman–Crippen LogP) is 3.29. The standard InChI is InChI=1S/C22H28Cl2N4O4/c1-3-26-8-10-27(11-9-26)21(29)6-7-28(12-13-31-2)22(30)19-15-20(32-25-19)17-5-4-16(23)14-18(17)24/h4-5,14-15H,3,6-13H2,1-2H3. The number of hydrogen-bond acceptors (Lipinski definition) is 6. The van der Waals surface area contributed by atoms with Crippen LogP contribution in [0.5, 0.6) is 0 Å². The van der Waals surface area contributed by atoms with Gasteiger partial charge in [0.2, 0.25) is 5.91 Å². The van der Waals surface area contributed by atoms with Gasteiger partial charge in [-0.2, -0.15) is 0 Å². The van der Waals surface area contributed by atoms with E-state index >= 15 is 0 Å². The van der Waals surface area contributed by atoms with Crippen LogP contribution in [0.4, 0.5) is 0 Å². The van der Waals surface area contributed by atoms with Crippen molar-refractivity contribution >= 4 is 35.0 Å². The molecule has 3 rings (SSSR count). The van der Waals surface area contributed by atoms with Crippen molar-refractivity contribution in [2.45, 2.75) is 13.3 Å². The number of methoxy groups -OCH3 is 1. The number of ether oxygens (including phenoxy) is 1. The molecule has 1 aliphatic rings. The van der Waals surface area contributed by atoms with Gasteiger partial charge in [0, 0.05) is 69.5 Å². The number of rotatable bonds is 9. The second kappa shape index (κ2) is 11.7. The molecule has 1 aromatic carbocycles. The highest BCUT2D eigenvalue weighted by Gasteiger charge is 2.24. The van der Waals surface area contributed by atoms with Crippen molar-refractivity contribution in [1.29, 1.82) is 0 Å². The Labute approximate surface area is 198 Å². The number of hydrogen-bond donors (Lipinski definition) is 0. The molecule has 2 amide bonds. The van der Waals surface area contributed by atoms with Crippen LogP contribution >= 0.6 is 23.2 Å². The molecule has 0 aliphatic carbocycles. The highest BCUT2D eigenvalue weighted by atomic mass is 35.5. The number of carbonyl (C=O) groups excluding carboxylic acids is 2. The Morgan fingerprint density at radius 1 is 1.16 bits per heavy atom. The Kier molecular flexibility index (Phi) is 8.92. The largest absolute Gasteiger partial charge is 0.383 e. The molecule has 0 radical (unpaired) electrons. The third kappa shape index (κ3) is 6.22. The summed E-state index contributed by atoms with van der Waals surface area (Å²) >= 11 is 12.2. The lowest BCUT2D eigenvalue weighted by molar-refractivity contribution is -0.133. The first kappa shape index (κ1) is 24.5. The van der Waals surface area contributed by atoms with Crippen molar-refractivity contribution in [2.24, 2.45) is 0 Å². The number of piperazine rings is 1. The zero-order valence-electron chi connectivity index (χ0n) is 18.4. The van der Waals surface area contributed by atoms with Gasteiger partial charge in [0.25, 0.3) is 5.91 Å². The maximum atomic E-state index is 13.1. The summed E-state index contributed by atoms with van der Waals surface area (Å²) in [7, 11) is 1.57. The van der Waals surface area contributed by atoms with E-state index in [1.54, 1.807) is 36.3 Å². The molecular formula is C22H28Cl2N4O4. The fourth-order valence-corrected chi connectivity index (χ4v) is 4.07. The van der Waals surface area contributed by atoms with E-state index in [0.717, 1.165) is 19.6 Å². The van der Waals surface area contributed by atoms with E-state index in [1.807, 2.05) is 4.90 Å². The highest BCUT2D eigenvalue weighted by Crippen LogP contribution is 2.30. The molecule has 0 bridgehead atoms. The van der Waals surface area contributed by atoms with Gasteiger partial charge in [-0.25, -0.2) is 0 Å². The third-order valence-electron chi connectivity index (χ3n) is 5.55. The summed E-state index contributed by atoms with van der Waals surface area (Å²) in [5, 5.41) is 4.82. The summed E-state index contributed by atoms with van der Waals surface area (Å²) in [6.07, 6.45) is 0.245. The zero-order chi connectivity index (χ0) is 23.1. The molecular weight excluding hydrogens is 455 g/mol. The summed E-state index contributed by atoms with van der Waals surface area (Å²) < 4.78 is 10.5. The number of likely N-dealkylation sites (N-methyl/N-ethyl adjacent to an activating group) is 1. The molecule has 174 valence electrons. The number of aromatic nitrogens is 1. The smallest absolute Gasteiger partial charge is 0.276 e. The lowest BCUT2D eigenvalue weighted by Gasteiger charge is -2.34. The van der Waals surface area contributed by atoms with Crippen molar-refractivity contribution in [3.63, 3.8) is 0 Å². The van der Waals surface area contributed by atoms with Crippen molar-refractivity contribution in [3.05, 3.63) is 40.0 Å². The van der Waals surface area contributed by atoms with Gasteiger partial charge >= 0.3 is 0 Å². The molecule has 0 unspecified atom stereocenters. The molecule has 0 N–H and O–H groups in total. The van der Waals surface area contributed by atoms with Gasteiger partial charge in [0.05, 0.1) is 11.6 Å². The van der Waals surface area contributed by atoms with Gasteiger partial charge in [0.1, 0.15) is 0 Å². The summed E-state index contributed by atoms with van der Waals surface area (Å²) in [4.78, 5) is 31.5. The van der Waals surface area contributed by atoms with E-state index < -0.39 is 0 Å². The van der Waals surface area contributed by atoms with Gasteiger partial charge in [-0.3, -0.25) is 9.59 Å². The molecule has 1 aromatic heterocycles. The molecule has 0 atom stereocenters. The average molecular weight is 483 g/mol. The van der Waals surface area contributed by atoms with Crippen LogP contribution in [0.25, 0.3) is 11.3 Å². The van der Waals surface area contributed by atoms with E-state index in [1.165, 1.54) is 0 Å². The Morgan fingerprint density at radius 2 is 1.91 bits per heavy atom. The van der Waals surface area contributed by atoms with Crippen molar-refractivity contribution in [2.75, 3.05) is 59.5 Å². The lowest BCUT2D eigenvalue weighted by Crippen LogP contribution is -2.49. The average Bonchev–Trinajstić information content (AvgIpc) is 3.28. The van der Waals surface area contributed by atoms with Crippen LogP contribution < -0.4 is 0 Å². The molecule has 32 heavy (non-hydrogen) atoms. The number of benzene rings is 1. The van der Waals surface area contributed by atoms with Crippen LogP contribution in [0.1, 0.15) is 23.8 Å². The highest BCUT2D eigenvalue weighted by molar-refractivity contribution is 6.36. The van der Waals surface area contributed by atoms with E-state index in [4.69, 9.17) is 32.5 Å². The van der Waals surface area contributed by atoms with E-state index in [-0.39, 0.29) is 30.5 Å². The number of halogens is 2. The zero-order valence-corrected chi connectivity index (χ0v) is 19.9. The normalized spacial score (nSPS) is 14.6. The second-order valence-electron chi connectivity index (χ2n) is 7.55. The number of carbonyl (C=O) groups is 2. The second-order valence-corrected chi connectivity index (χ2v) is 8.39. The summed E-state index contributed by atoms with van der Waals surface area (Å²) in [5.74, 6) is 0.0853. The first-order valence-electron chi connectivity index (χ1n) is 10.6. The van der Waals surface area contributed by atoms with Gasteiger partial charge in [-0.05, 0) is 24.7 Å².